The van der Waals surface area contributed by atoms with Crippen molar-refractivity contribution in [2.24, 2.45) is 0 Å². The van der Waals surface area contributed by atoms with Crippen LogP contribution >= 0.6 is 0 Å². The number of rotatable bonds is 3. The Kier molecular flexibility index (Phi) is 3.17. The molecule has 0 N–H and O–H groups in total. The van der Waals surface area contributed by atoms with E-state index in [1.165, 1.54) is 13.3 Å². The number of hydrogen-bond donors (Lipinski definition) is 0. The Morgan fingerprint density at radius 2 is 2.23 bits per heavy atom. The molecule has 4 heteroatoms. The zero-order chi connectivity index (χ0) is 9.84. The number of pyridine rings is 1. The highest BCUT2D eigenvalue weighted by atomic mass is 19.3. The van der Waals surface area contributed by atoms with Gasteiger partial charge in [-0.2, -0.15) is 0 Å². The minimum absolute atomic E-state index is 0.179. The van der Waals surface area contributed by atoms with E-state index in [4.69, 9.17) is 4.74 Å². The lowest BCUT2D eigenvalue weighted by Crippen LogP contribution is -2.00. The Balaban J connectivity index is 3.19. The average molecular weight is 187 g/mol. The highest BCUT2D eigenvalue weighted by Crippen LogP contribution is 2.27. The first-order valence-electron chi connectivity index (χ1n) is 4.00. The van der Waals surface area contributed by atoms with Crippen LogP contribution in [0.2, 0.25) is 0 Å². The van der Waals surface area contributed by atoms with Crippen LogP contribution in [0, 0.1) is 0 Å². The van der Waals surface area contributed by atoms with Gasteiger partial charge in [0.15, 0.2) is 0 Å². The second-order valence-electron chi connectivity index (χ2n) is 2.53. The van der Waals surface area contributed by atoms with Crippen molar-refractivity contribution in [1.82, 2.24) is 4.98 Å². The van der Waals surface area contributed by atoms with Crippen molar-refractivity contribution in [3.8, 4) is 5.75 Å². The van der Waals surface area contributed by atoms with Crippen molar-refractivity contribution < 1.29 is 13.5 Å². The number of nitrogens with zero attached hydrogens (tertiary/aromatic N) is 1. The molecular weight excluding hydrogens is 176 g/mol. The van der Waals surface area contributed by atoms with Crippen LogP contribution in [0.5, 0.6) is 5.75 Å². The fourth-order valence-corrected chi connectivity index (χ4v) is 1.22. The van der Waals surface area contributed by atoms with Crippen molar-refractivity contribution in [2.75, 3.05) is 7.11 Å². The van der Waals surface area contributed by atoms with Gasteiger partial charge in [-0.05, 0) is 12.5 Å². The minimum atomic E-state index is -2.54. The molecule has 0 atom stereocenters. The van der Waals surface area contributed by atoms with Crippen molar-refractivity contribution in [3.63, 3.8) is 0 Å². The summed E-state index contributed by atoms with van der Waals surface area (Å²) in [6.45, 7) is 1.80. The van der Waals surface area contributed by atoms with E-state index in [-0.39, 0.29) is 5.69 Å². The minimum Gasteiger partial charge on any atom is -0.496 e. The lowest BCUT2D eigenvalue weighted by atomic mass is 10.1. The molecule has 1 rings (SSSR count). The SMILES string of the molecule is CCc1c(OC)ccnc1C(F)F. The molecule has 1 aromatic heterocycles. The van der Waals surface area contributed by atoms with E-state index in [1.807, 2.05) is 0 Å². The molecule has 0 saturated carbocycles. The summed E-state index contributed by atoms with van der Waals surface area (Å²) in [5, 5.41) is 0. The third-order valence-electron chi connectivity index (χ3n) is 1.83. The summed E-state index contributed by atoms with van der Waals surface area (Å²) in [6, 6.07) is 1.59. The molecule has 0 saturated heterocycles. The van der Waals surface area contributed by atoms with E-state index in [0.717, 1.165) is 0 Å². The molecule has 1 heterocycles. The molecule has 0 aliphatic heterocycles. The van der Waals surface area contributed by atoms with Crippen LogP contribution in [0.15, 0.2) is 12.3 Å². The van der Waals surface area contributed by atoms with Crippen LogP contribution in [-0.2, 0) is 6.42 Å². The summed E-state index contributed by atoms with van der Waals surface area (Å²) in [5.74, 6) is 0.479. The lowest BCUT2D eigenvalue weighted by molar-refractivity contribution is 0.144. The first kappa shape index (κ1) is 9.89. The Morgan fingerprint density at radius 3 is 2.69 bits per heavy atom. The Hall–Kier alpha value is -1.19. The number of ether oxygens (including phenoxy) is 1. The van der Waals surface area contributed by atoms with Crippen molar-refractivity contribution in [2.45, 2.75) is 19.8 Å². The molecule has 0 aliphatic carbocycles. The Morgan fingerprint density at radius 1 is 1.54 bits per heavy atom. The highest BCUT2D eigenvalue weighted by molar-refractivity contribution is 5.36. The van der Waals surface area contributed by atoms with E-state index < -0.39 is 6.43 Å². The van der Waals surface area contributed by atoms with Crippen molar-refractivity contribution in [3.05, 3.63) is 23.5 Å². The fraction of sp³-hybridized carbons (Fsp3) is 0.444. The second kappa shape index (κ2) is 4.16. The largest absolute Gasteiger partial charge is 0.496 e. The van der Waals surface area contributed by atoms with E-state index in [1.54, 1.807) is 13.0 Å². The molecule has 13 heavy (non-hydrogen) atoms. The fourth-order valence-electron chi connectivity index (χ4n) is 1.22. The quantitative estimate of drug-likeness (QED) is 0.725. The summed E-state index contributed by atoms with van der Waals surface area (Å²) in [4.78, 5) is 3.63. The molecule has 72 valence electrons. The first-order chi connectivity index (χ1) is 6.20. The van der Waals surface area contributed by atoms with E-state index in [0.29, 0.717) is 17.7 Å². The molecule has 0 unspecified atom stereocenters. The van der Waals surface area contributed by atoms with Crippen molar-refractivity contribution in [1.29, 1.82) is 0 Å². The van der Waals surface area contributed by atoms with E-state index in [9.17, 15) is 8.78 Å². The topological polar surface area (TPSA) is 22.1 Å². The Labute approximate surface area is 75.6 Å². The summed E-state index contributed by atoms with van der Waals surface area (Å²) in [6.07, 6.45) is -0.707. The summed E-state index contributed by atoms with van der Waals surface area (Å²) in [5.41, 5.74) is 0.307. The first-order valence-corrected chi connectivity index (χ1v) is 4.00. The molecule has 0 aromatic carbocycles. The van der Waals surface area contributed by atoms with E-state index >= 15 is 0 Å². The van der Waals surface area contributed by atoms with Gasteiger partial charge < -0.3 is 4.74 Å². The van der Waals surface area contributed by atoms with Gasteiger partial charge in [-0.15, -0.1) is 0 Å². The maximum Gasteiger partial charge on any atom is 0.280 e. The zero-order valence-corrected chi connectivity index (χ0v) is 7.55. The molecule has 0 amide bonds. The molecule has 0 radical (unpaired) electrons. The monoisotopic (exact) mass is 187 g/mol. The number of alkyl halides is 2. The predicted molar refractivity (Wildman–Crippen MR) is 45.1 cm³/mol. The standard InChI is InChI=1S/C9H11F2NO/c1-3-6-7(13-2)4-5-12-8(6)9(10)11/h4-5,9H,3H2,1-2H3. The summed E-state index contributed by atoms with van der Waals surface area (Å²) < 4.78 is 29.8. The van der Waals surface area contributed by atoms with Crippen LogP contribution in [0.1, 0.15) is 24.6 Å². The van der Waals surface area contributed by atoms with Crippen molar-refractivity contribution >= 4 is 0 Å². The molecular formula is C9H11F2NO. The molecule has 0 aliphatic rings. The van der Waals surface area contributed by atoms with Gasteiger partial charge in [0.2, 0.25) is 0 Å². The predicted octanol–water partition coefficient (Wildman–Crippen LogP) is 2.59. The van der Waals surface area contributed by atoms with Crippen LogP contribution in [0.3, 0.4) is 0 Å². The van der Waals surface area contributed by atoms with Gasteiger partial charge in [-0.1, -0.05) is 6.92 Å². The normalized spacial score (nSPS) is 10.5. The highest BCUT2D eigenvalue weighted by Gasteiger charge is 2.16. The van der Waals surface area contributed by atoms with Crippen LogP contribution < -0.4 is 4.74 Å². The van der Waals surface area contributed by atoms with Gasteiger partial charge in [0.25, 0.3) is 6.43 Å². The summed E-state index contributed by atoms with van der Waals surface area (Å²) >= 11 is 0. The van der Waals surface area contributed by atoms with Crippen LogP contribution in [-0.4, -0.2) is 12.1 Å². The average Bonchev–Trinajstić information content (AvgIpc) is 2.16. The maximum absolute atomic E-state index is 12.4. The molecule has 0 bridgehead atoms. The third kappa shape index (κ3) is 1.94. The van der Waals surface area contributed by atoms with Gasteiger partial charge >= 0.3 is 0 Å². The van der Waals surface area contributed by atoms with Crippen LogP contribution in [0.4, 0.5) is 8.78 Å². The van der Waals surface area contributed by atoms with E-state index in [2.05, 4.69) is 4.98 Å². The Bertz CT molecular complexity index is 289. The van der Waals surface area contributed by atoms with Gasteiger partial charge in [-0.25, -0.2) is 8.78 Å². The van der Waals surface area contributed by atoms with Gasteiger partial charge in [-0.3, -0.25) is 4.98 Å². The number of methoxy groups -OCH3 is 1. The molecule has 0 spiro atoms. The van der Waals surface area contributed by atoms with Gasteiger partial charge in [0, 0.05) is 11.8 Å². The van der Waals surface area contributed by atoms with Gasteiger partial charge in [0.05, 0.1) is 7.11 Å². The summed E-state index contributed by atoms with van der Waals surface area (Å²) in [7, 11) is 1.46. The molecule has 0 fully saturated rings. The third-order valence-corrected chi connectivity index (χ3v) is 1.83. The number of hydrogen-bond acceptors (Lipinski definition) is 2. The smallest absolute Gasteiger partial charge is 0.280 e. The lowest BCUT2D eigenvalue weighted by Gasteiger charge is -2.10. The van der Waals surface area contributed by atoms with Gasteiger partial charge in [0.1, 0.15) is 11.4 Å². The number of aromatic nitrogens is 1. The zero-order valence-electron chi connectivity index (χ0n) is 7.55. The number of halogens is 2. The maximum atomic E-state index is 12.4. The molecule has 1 aromatic rings. The van der Waals surface area contributed by atoms with Crippen LogP contribution in [0.25, 0.3) is 0 Å². The molecule has 2 nitrogen and oxygen atoms in total. The second-order valence-corrected chi connectivity index (χ2v) is 2.53.